The predicted molar refractivity (Wildman–Crippen MR) is 53.5 cm³/mol. The average Bonchev–Trinajstić information content (AvgIpc) is 2.60. The number of aromatic amines is 1. The van der Waals surface area contributed by atoms with Crippen LogP contribution in [0.15, 0.2) is 11.1 Å². The number of hydrogen-bond acceptors (Lipinski definition) is 4. The predicted octanol–water partition coefficient (Wildman–Crippen LogP) is 0.565. The summed E-state index contributed by atoms with van der Waals surface area (Å²) < 4.78 is 60.0. The van der Waals surface area contributed by atoms with E-state index in [0.717, 1.165) is 13.2 Å². The molecule has 1 heterocycles. The topological polar surface area (TPSA) is 92.1 Å². The molecule has 0 fully saturated rings. The zero-order chi connectivity index (χ0) is 13.3. The van der Waals surface area contributed by atoms with Gasteiger partial charge >= 0.3 is 6.18 Å². The van der Waals surface area contributed by atoms with Gasteiger partial charge in [0.1, 0.15) is 10.7 Å². The van der Waals surface area contributed by atoms with Crippen LogP contribution in [0.3, 0.4) is 0 Å². The highest BCUT2D eigenvalue weighted by molar-refractivity contribution is 7.89. The smallest absolute Gasteiger partial charge is 0.383 e. The molecule has 0 unspecified atom stereocenters. The molecule has 6 nitrogen and oxygen atoms in total. The van der Waals surface area contributed by atoms with Crippen molar-refractivity contribution in [1.82, 2.24) is 14.5 Å². The molecule has 0 amide bonds. The Labute approximate surface area is 95.6 Å². The minimum atomic E-state index is -4.41. The molecule has 0 aliphatic heterocycles. The molecule has 0 atom stereocenters. The molecule has 0 aromatic carbocycles. The van der Waals surface area contributed by atoms with Crippen LogP contribution >= 0.6 is 0 Å². The van der Waals surface area contributed by atoms with E-state index >= 15 is 0 Å². The van der Waals surface area contributed by atoms with E-state index in [1.54, 1.807) is 0 Å². The minimum absolute atomic E-state index is 0.205. The number of hydrogen-bond donors (Lipinski definition) is 2. The first kappa shape index (κ1) is 13.8. The molecule has 1 aromatic heterocycles. The molecule has 0 saturated carbocycles. The first-order valence-electron chi connectivity index (χ1n) is 4.46. The molecular formula is C7H11F3N4O2S. The first-order valence-corrected chi connectivity index (χ1v) is 5.90. The van der Waals surface area contributed by atoms with Crippen molar-refractivity contribution in [2.45, 2.75) is 17.5 Å². The first-order chi connectivity index (χ1) is 7.64. The van der Waals surface area contributed by atoms with Crippen LogP contribution in [-0.4, -0.2) is 42.7 Å². The third-order valence-corrected chi connectivity index (χ3v) is 3.92. The van der Waals surface area contributed by atoms with Gasteiger partial charge in [0.25, 0.3) is 0 Å². The van der Waals surface area contributed by atoms with Gasteiger partial charge in [-0.1, -0.05) is 0 Å². The highest BCUT2D eigenvalue weighted by Crippen LogP contribution is 2.23. The van der Waals surface area contributed by atoms with Gasteiger partial charge in [0.2, 0.25) is 10.0 Å². The Morgan fingerprint density at radius 1 is 1.53 bits per heavy atom. The highest BCUT2D eigenvalue weighted by atomic mass is 32.2. The molecule has 0 spiro atoms. The normalized spacial score (nSPS) is 13.2. The Bertz CT molecular complexity index is 482. The van der Waals surface area contributed by atoms with E-state index in [4.69, 9.17) is 5.73 Å². The van der Waals surface area contributed by atoms with E-state index in [9.17, 15) is 21.6 Å². The van der Waals surface area contributed by atoms with Crippen LogP contribution in [0, 0.1) is 0 Å². The lowest BCUT2D eigenvalue weighted by Crippen LogP contribution is -2.30. The van der Waals surface area contributed by atoms with Gasteiger partial charge < -0.3 is 5.73 Å². The standard InChI is InChI=1S/C7H11F3N4O2S/c1-14(3-2-7(8,9)10)17(15,16)5-4-12-13-6(5)11/h4H,2-3H2,1H3,(H3,11,12,13). The van der Waals surface area contributed by atoms with Crippen molar-refractivity contribution in [3.63, 3.8) is 0 Å². The molecule has 17 heavy (non-hydrogen) atoms. The third-order valence-electron chi connectivity index (χ3n) is 2.03. The molecule has 98 valence electrons. The molecule has 0 bridgehead atoms. The number of anilines is 1. The van der Waals surface area contributed by atoms with E-state index in [2.05, 4.69) is 10.2 Å². The lowest BCUT2D eigenvalue weighted by molar-refractivity contribution is -0.135. The van der Waals surface area contributed by atoms with Crippen LogP contribution in [0.1, 0.15) is 6.42 Å². The van der Waals surface area contributed by atoms with Crippen molar-refractivity contribution in [3.05, 3.63) is 6.20 Å². The van der Waals surface area contributed by atoms with Crippen molar-refractivity contribution in [3.8, 4) is 0 Å². The van der Waals surface area contributed by atoms with Crippen molar-refractivity contribution in [1.29, 1.82) is 0 Å². The van der Waals surface area contributed by atoms with Crippen LogP contribution < -0.4 is 5.73 Å². The van der Waals surface area contributed by atoms with Gasteiger partial charge in [0.05, 0.1) is 12.6 Å². The summed E-state index contributed by atoms with van der Waals surface area (Å²) in [7, 11) is -2.99. The third kappa shape index (κ3) is 3.33. The van der Waals surface area contributed by atoms with Crippen molar-refractivity contribution < 1.29 is 21.6 Å². The van der Waals surface area contributed by atoms with Crippen LogP contribution in [-0.2, 0) is 10.0 Å². The van der Waals surface area contributed by atoms with Crippen molar-refractivity contribution >= 4 is 15.8 Å². The number of nitrogens with one attached hydrogen (secondary N) is 1. The Balaban J connectivity index is 2.82. The fourth-order valence-corrected chi connectivity index (χ4v) is 2.24. The van der Waals surface area contributed by atoms with Gasteiger partial charge in [-0.2, -0.15) is 18.3 Å². The lowest BCUT2D eigenvalue weighted by Gasteiger charge is -2.17. The maximum Gasteiger partial charge on any atom is 0.390 e. The van der Waals surface area contributed by atoms with Gasteiger partial charge in [-0.3, -0.25) is 5.10 Å². The summed E-state index contributed by atoms with van der Waals surface area (Å²) in [5.74, 6) is -0.205. The number of rotatable bonds is 4. The van der Waals surface area contributed by atoms with E-state index in [1.807, 2.05) is 0 Å². The average molecular weight is 272 g/mol. The lowest BCUT2D eigenvalue weighted by atomic mass is 10.4. The molecule has 0 aliphatic rings. The number of H-pyrrole nitrogens is 1. The Hall–Kier alpha value is -1.29. The molecule has 0 radical (unpaired) electrons. The zero-order valence-electron chi connectivity index (χ0n) is 8.82. The minimum Gasteiger partial charge on any atom is -0.383 e. The molecular weight excluding hydrogens is 261 g/mol. The van der Waals surface area contributed by atoms with Gasteiger partial charge in [0.15, 0.2) is 0 Å². The summed E-state index contributed by atoms with van der Waals surface area (Å²) >= 11 is 0. The number of aromatic nitrogens is 2. The van der Waals surface area contributed by atoms with E-state index in [0.29, 0.717) is 4.31 Å². The summed E-state index contributed by atoms with van der Waals surface area (Å²) in [6.45, 7) is -0.670. The van der Waals surface area contributed by atoms with Gasteiger partial charge in [-0.15, -0.1) is 0 Å². The zero-order valence-corrected chi connectivity index (χ0v) is 9.64. The number of alkyl halides is 3. The van der Waals surface area contributed by atoms with Crippen LogP contribution in [0.2, 0.25) is 0 Å². The summed E-state index contributed by atoms with van der Waals surface area (Å²) in [5, 5.41) is 5.60. The van der Waals surface area contributed by atoms with Gasteiger partial charge in [-0.05, 0) is 0 Å². The SMILES string of the molecule is CN(CCC(F)(F)F)S(=O)(=O)c1cn[nH]c1N. The fraction of sp³-hybridized carbons (Fsp3) is 0.571. The molecule has 1 rings (SSSR count). The maximum absolute atomic E-state index is 12.0. The molecule has 10 heteroatoms. The summed E-state index contributed by atoms with van der Waals surface area (Å²) in [5.41, 5.74) is 5.30. The summed E-state index contributed by atoms with van der Waals surface area (Å²) in [6, 6.07) is 0. The van der Waals surface area contributed by atoms with E-state index in [-0.39, 0.29) is 10.7 Å². The van der Waals surface area contributed by atoms with E-state index < -0.39 is 29.2 Å². The Morgan fingerprint density at radius 2 is 2.12 bits per heavy atom. The second-order valence-corrected chi connectivity index (χ2v) is 5.35. The second-order valence-electron chi connectivity index (χ2n) is 3.34. The number of nitrogen functional groups attached to an aromatic ring is 1. The van der Waals surface area contributed by atoms with Gasteiger partial charge in [0, 0.05) is 13.6 Å². The highest BCUT2D eigenvalue weighted by Gasteiger charge is 2.31. The fourth-order valence-electron chi connectivity index (χ4n) is 1.06. The molecule has 3 N–H and O–H groups in total. The quantitative estimate of drug-likeness (QED) is 0.838. The van der Waals surface area contributed by atoms with Crippen LogP contribution in [0.25, 0.3) is 0 Å². The molecule has 0 saturated heterocycles. The van der Waals surface area contributed by atoms with Crippen LogP contribution in [0.4, 0.5) is 19.0 Å². The molecule has 1 aromatic rings. The Kier molecular flexibility index (Phi) is 3.67. The van der Waals surface area contributed by atoms with Crippen molar-refractivity contribution in [2.24, 2.45) is 0 Å². The number of halogens is 3. The number of nitrogens with two attached hydrogens (primary N) is 1. The monoisotopic (exact) mass is 272 g/mol. The van der Waals surface area contributed by atoms with Gasteiger partial charge in [-0.25, -0.2) is 12.7 Å². The molecule has 0 aliphatic carbocycles. The summed E-state index contributed by atoms with van der Waals surface area (Å²) in [6.07, 6.45) is -4.68. The summed E-state index contributed by atoms with van der Waals surface area (Å²) in [4.78, 5) is -0.331. The Morgan fingerprint density at radius 3 is 2.53 bits per heavy atom. The van der Waals surface area contributed by atoms with Crippen LogP contribution in [0.5, 0.6) is 0 Å². The van der Waals surface area contributed by atoms with Crippen molar-refractivity contribution in [2.75, 3.05) is 19.3 Å². The number of nitrogens with zero attached hydrogens (tertiary/aromatic N) is 2. The maximum atomic E-state index is 12.0. The largest absolute Gasteiger partial charge is 0.390 e. The second kappa shape index (κ2) is 4.53. The van der Waals surface area contributed by atoms with E-state index in [1.165, 1.54) is 0 Å². The number of sulfonamides is 1.